The zero-order valence-electron chi connectivity index (χ0n) is 23.8. The molecule has 0 spiro atoms. The fourth-order valence-electron chi connectivity index (χ4n) is 5.71. The van der Waals surface area contributed by atoms with E-state index in [1.807, 2.05) is 12.1 Å². The van der Waals surface area contributed by atoms with E-state index < -0.39 is 0 Å². The van der Waals surface area contributed by atoms with E-state index in [4.69, 9.17) is 19.8 Å². The van der Waals surface area contributed by atoms with Crippen LogP contribution >= 0.6 is 11.3 Å². The molecule has 0 radical (unpaired) electrons. The van der Waals surface area contributed by atoms with Gasteiger partial charge in [-0.2, -0.15) is 4.79 Å². The van der Waals surface area contributed by atoms with Crippen LogP contribution < -0.4 is 9.75 Å². The number of thiazole rings is 1. The number of carbonyl (C=O) groups is 1. The summed E-state index contributed by atoms with van der Waals surface area (Å²) in [6.07, 6.45) is 6.30. The molecule has 0 atom stereocenters. The Hall–Kier alpha value is -3.50. The van der Waals surface area contributed by atoms with Gasteiger partial charge in [-0.15, -0.1) is 16.4 Å². The molecule has 1 amide bonds. The van der Waals surface area contributed by atoms with Gasteiger partial charge in [-0.25, -0.2) is 9.97 Å². The van der Waals surface area contributed by atoms with Gasteiger partial charge >= 0.3 is 0 Å². The second kappa shape index (κ2) is 11.2. The molecule has 0 bridgehead atoms. The monoisotopic (exact) mass is 559 g/mol. The number of rotatable bonds is 7. The second-order valence-electron chi connectivity index (χ2n) is 11.0. The molecule has 2 aliphatic carbocycles. The number of piperazine rings is 1. The van der Waals surface area contributed by atoms with Crippen LogP contribution in [0, 0.1) is 13.8 Å². The minimum atomic E-state index is -0.0485. The van der Waals surface area contributed by atoms with Crippen LogP contribution in [-0.2, 0) is 24.2 Å². The van der Waals surface area contributed by atoms with Crippen molar-refractivity contribution in [3.63, 3.8) is 0 Å². The van der Waals surface area contributed by atoms with E-state index in [2.05, 4.69) is 40.7 Å². The molecule has 10 heteroatoms. The van der Waals surface area contributed by atoms with E-state index in [1.54, 1.807) is 31.8 Å². The lowest BCUT2D eigenvalue weighted by Crippen LogP contribution is -2.51. The topological polar surface area (TPSA) is 79.6 Å². The lowest BCUT2D eigenvalue weighted by atomic mass is 9.93. The second-order valence-corrected chi connectivity index (χ2v) is 12.2. The summed E-state index contributed by atoms with van der Waals surface area (Å²) in [5.41, 5.74) is 8.65. The molecular formula is C30H37N7O2S. The van der Waals surface area contributed by atoms with Gasteiger partial charge in [0.25, 0.3) is 5.91 Å². The molecule has 40 heavy (non-hydrogen) atoms. The number of nitrogens with zero attached hydrogens (tertiary/aromatic N) is 7. The van der Waals surface area contributed by atoms with Crippen molar-refractivity contribution >= 4 is 17.2 Å². The Morgan fingerprint density at radius 1 is 1.02 bits per heavy atom. The highest BCUT2D eigenvalue weighted by atomic mass is 32.1. The Labute approximate surface area is 239 Å². The van der Waals surface area contributed by atoms with Crippen molar-refractivity contribution in [1.29, 1.82) is 0 Å². The van der Waals surface area contributed by atoms with Crippen LogP contribution in [0.15, 0.2) is 30.6 Å². The SMILES string of the molecule is Cc1nc(-c2c3ncnn(N4CCN(Cc5ccc(OCC(=O)N(C)C)cc5)CC4)c-3c3c2CCCC3)sc1C. The van der Waals surface area contributed by atoms with E-state index >= 15 is 0 Å². The molecule has 0 saturated carbocycles. The van der Waals surface area contributed by atoms with Crippen molar-refractivity contribution in [3.8, 4) is 27.7 Å². The number of amides is 1. The summed E-state index contributed by atoms with van der Waals surface area (Å²) in [4.78, 5) is 29.0. The zero-order valence-corrected chi connectivity index (χ0v) is 24.6. The smallest absolute Gasteiger partial charge is 0.259 e. The average Bonchev–Trinajstić information content (AvgIpc) is 3.48. The summed E-state index contributed by atoms with van der Waals surface area (Å²) in [7, 11) is 3.46. The van der Waals surface area contributed by atoms with Crippen molar-refractivity contribution in [1.82, 2.24) is 29.7 Å². The highest BCUT2D eigenvalue weighted by Gasteiger charge is 2.33. The Morgan fingerprint density at radius 2 is 1.75 bits per heavy atom. The maximum absolute atomic E-state index is 11.8. The summed E-state index contributed by atoms with van der Waals surface area (Å²) in [6, 6.07) is 8.07. The van der Waals surface area contributed by atoms with Crippen LogP contribution in [0.3, 0.4) is 0 Å². The van der Waals surface area contributed by atoms with Gasteiger partial charge in [-0.05, 0) is 68.4 Å². The van der Waals surface area contributed by atoms with Gasteiger partial charge in [0.05, 0.1) is 5.69 Å². The van der Waals surface area contributed by atoms with Crippen LogP contribution in [0.2, 0.25) is 0 Å². The number of benzene rings is 1. The van der Waals surface area contributed by atoms with Gasteiger partial charge in [0.1, 0.15) is 28.5 Å². The highest BCUT2D eigenvalue weighted by molar-refractivity contribution is 7.15. The molecular weight excluding hydrogens is 522 g/mol. The third-order valence-electron chi connectivity index (χ3n) is 8.11. The predicted molar refractivity (Wildman–Crippen MR) is 158 cm³/mol. The summed E-state index contributed by atoms with van der Waals surface area (Å²) in [5.74, 6) is 0.668. The van der Waals surface area contributed by atoms with E-state index in [-0.39, 0.29) is 12.5 Å². The van der Waals surface area contributed by atoms with Gasteiger partial charge < -0.3 is 9.64 Å². The van der Waals surface area contributed by atoms with Crippen LogP contribution in [0.1, 0.15) is 40.1 Å². The number of fused-ring (bicyclic) bond motifs is 3. The molecule has 6 rings (SSSR count). The van der Waals surface area contributed by atoms with Gasteiger partial charge in [0.15, 0.2) is 6.61 Å². The first-order valence-corrected chi connectivity index (χ1v) is 14.9. The largest absolute Gasteiger partial charge is 0.484 e. The Bertz CT molecular complexity index is 1450. The Kier molecular flexibility index (Phi) is 7.46. The number of hydrogen-bond donors (Lipinski definition) is 0. The molecule has 2 aromatic rings. The molecule has 0 N–H and O–H groups in total. The quantitative estimate of drug-likeness (QED) is 0.340. The third-order valence-corrected chi connectivity index (χ3v) is 9.20. The number of aryl methyl sites for hydroxylation is 2. The Morgan fingerprint density at radius 3 is 2.42 bits per heavy atom. The molecule has 3 heterocycles. The van der Waals surface area contributed by atoms with E-state index in [1.165, 1.54) is 50.6 Å². The van der Waals surface area contributed by atoms with Gasteiger partial charge in [-0.3, -0.25) is 14.7 Å². The molecule has 1 saturated heterocycles. The lowest BCUT2D eigenvalue weighted by Gasteiger charge is -2.37. The summed E-state index contributed by atoms with van der Waals surface area (Å²) < 4.78 is 5.62. The van der Waals surface area contributed by atoms with E-state index in [9.17, 15) is 4.79 Å². The third kappa shape index (κ3) is 5.17. The fourth-order valence-corrected chi connectivity index (χ4v) is 6.70. The molecule has 1 fully saturated rings. The van der Waals surface area contributed by atoms with Crippen molar-refractivity contribution in [2.75, 3.05) is 51.9 Å². The number of likely N-dealkylation sites (N-methyl/N-ethyl adjacent to an activating group) is 1. The minimum absolute atomic E-state index is 0.0485. The molecule has 0 unspecified atom stereocenters. The maximum atomic E-state index is 11.8. The first-order valence-electron chi connectivity index (χ1n) is 14.1. The lowest BCUT2D eigenvalue weighted by molar-refractivity contribution is -0.130. The number of ether oxygens (including phenoxy) is 1. The number of carbonyl (C=O) groups excluding carboxylic acids is 1. The normalized spacial score (nSPS) is 15.8. The Balaban J connectivity index is 1.15. The molecule has 4 aliphatic rings. The van der Waals surface area contributed by atoms with Gasteiger partial charge in [0.2, 0.25) is 0 Å². The van der Waals surface area contributed by atoms with Crippen LogP contribution in [0.4, 0.5) is 0 Å². The first-order chi connectivity index (χ1) is 19.4. The van der Waals surface area contributed by atoms with E-state index in [0.29, 0.717) is 5.75 Å². The van der Waals surface area contributed by atoms with Gasteiger partial charge in [-0.1, -0.05) is 12.1 Å². The predicted octanol–water partition coefficient (Wildman–Crippen LogP) is 3.92. The van der Waals surface area contributed by atoms with Crippen molar-refractivity contribution in [2.45, 2.75) is 46.1 Å². The summed E-state index contributed by atoms with van der Waals surface area (Å²) in [6.45, 7) is 8.89. The molecule has 9 nitrogen and oxygen atoms in total. The van der Waals surface area contributed by atoms with Gasteiger partial charge in [0, 0.05) is 57.3 Å². The van der Waals surface area contributed by atoms with Crippen LogP contribution in [0.5, 0.6) is 5.75 Å². The number of hydrogen-bond acceptors (Lipinski definition) is 8. The zero-order chi connectivity index (χ0) is 27.8. The van der Waals surface area contributed by atoms with E-state index in [0.717, 1.165) is 62.0 Å². The maximum Gasteiger partial charge on any atom is 0.259 e. The molecule has 1 aromatic carbocycles. The number of aromatic nitrogens is 4. The first kappa shape index (κ1) is 26.7. The molecule has 2 aliphatic heterocycles. The minimum Gasteiger partial charge on any atom is -0.484 e. The van der Waals surface area contributed by atoms with Crippen molar-refractivity contribution in [3.05, 3.63) is 57.9 Å². The van der Waals surface area contributed by atoms with Crippen molar-refractivity contribution in [2.24, 2.45) is 0 Å². The summed E-state index contributed by atoms with van der Waals surface area (Å²) in [5, 5.41) is 8.25. The average molecular weight is 560 g/mol. The standard InChI is InChI=1S/C30H37N7O2S/c1-20-21(2)40-30(33-20)27-24-7-5-6-8-25(24)29-28(27)31-19-32-37(29)36-15-13-35(14-16-36)17-22-9-11-23(12-10-22)39-18-26(38)34(3)4/h9-12,19H,5-8,13-18H2,1-4H3. The van der Waals surface area contributed by atoms with Crippen LogP contribution in [0.25, 0.3) is 22.0 Å². The summed E-state index contributed by atoms with van der Waals surface area (Å²) >= 11 is 1.78. The van der Waals surface area contributed by atoms with Crippen molar-refractivity contribution < 1.29 is 9.53 Å². The fraction of sp³-hybridized carbons (Fsp3) is 0.467. The highest BCUT2D eigenvalue weighted by Crippen LogP contribution is 2.46. The molecule has 1 aromatic heterocycles. The van der Waals surface area contributed by atoms with Crippen LogP contribution in [-0.4, -0.2) is 82.4 Å². The molecule has 210 valence electrons.